The van der Waals surface area contributed by atoms with Crippen LogP contribution < -0.4 is 14.8 Å². The predicted octanol–water partition coefficient (Wildman–Crippen LogP) is 6.19. The van der Waals surface area contributed by atoms with E-state index in [9.17, 15) is 14.4 Å². The maximum Gasteiger partial charge on any atom is 0.408 e. The van der Waals surface area contributed by atoms with E-state index in [1.54, 1.807) is 18.2 Å². The van der Waals surface area contributed by atoms with E-state index in [1.807, 2.05) is 34.6 Å². The summed E-state index contributed by atoms with van der Waals surface area (Å²) in [7, 11) is 1.51. The van der Waals surface area contributed by atoms with E-state index in [0.717, 1.165) is 0 Å². The molecule has 12 heteroatoms. The first-order valence-electron chi connectivity index (χ1n) is 16.7. The van der Waals surface area contributed by atoms with Crippen LogP contribution in [0.1, 0.15) is 92.2 Å². The van der Waals surface area contributed by atoms with Crippen molar-refractivity contribution in [3.63, 3.8) is 0 Å². The van der Waals surface area contributed by atoms with Crippen molar-refractivity contribution in [3.8, 4) is 11.6 Å². The highest BCUT2D eigenvalue weighted by Crippen LogP contribution is 2.65. The van der Waals surface area contributed by atoms with Gasteiger partial charge in [-0.3, -0.25) is 9.59 Å². The molecule has 256 valence electrons. The highest BCUT2D eigenvalue weighted by molar-refractivity contribution is 5.92. The third kappa shape index (κ3) is 5.90. The highest BCUT2D eigenvalue weighted by atomic mass is 19.3. The van der Waals surface area contributed by atoms with Crippen LogP contribution >= 0.6 is 0 Å². The molecule has 6 rings (SSSR count). The summed E-state index contributed by atoms with van der Waals surface area (Å²) < 4.78 is 51.3. The maximum atomic E-state index is 16.8. The average molecular weight is 657 g/mol. The molecule has 1 spiro atoms. The average Bonchev–Trinajstić information content (AvgIpc) is 3.88. The van der Waals surface area contributed by atoms with Gasteiger partial charge in [0.1, 0.15) is 23.5 Å². The molecule has 6 atom stereocenters. The SMILES string of the molecule is CC[C@@H]1[C@@H]2CN(C(=O)[C@H](C(C)(C)C)NC(=O)O[C@]3(C)C[C@H]3CCCC3(CC3)C(F)(F)c3nc4ccc(OC)cc4nc3O2)[C@@H]1C(C)=O. The van der Waals surface area contributed by atoms with Crippen LogP contribution in [0.5, 0.6) is 11.6 Å². The number of halogens is 2. The molecule has 2 amide bonds. The Balaban J connectivity index is 1.47. The molecule has 10 nitrogen and oxygen atoms in total. The minimum absolute atomic E-state index is 0.0291. The second-order valence-corrected chi connectivity index (χ2v) is 15.3. The maximum absolute atomic E-state index is 16.8. The van der Waals surface area contributed by atoms with E-state index in [-0.39, 0.29) is 36.1 Å². The van der Waals surface area contributed by atoms with Crippen LogP contribution in [-0.2, 0) is 20.2 Å². The lowest BCUT2D eigenvalue weighted by Crippen LogP contribution is -2.57. The van der Waals surface area contributed by atoms with Gasteiger partial charge in [0.05, 0.1) is 30.7 Å². The first kappa shape index (κ1) is 33.3. The zero-order valence-electron chi connectivity index (χ0n) is 28.3. The second kappa shape index (κ2) is 11.5. The molecule has 1 N–H and O–H groups in total. The number of benzene rings is 1. The number of alkyl halides is 2. The van der Waals surface area contributed by atoms with Crippen LogP contribution in [0.2, 0.25) is 0 Å². The van der Waals surface area contributed by atoms with Gasteiger partial charge in [-0.2, -0.15) is 8.78 Å². The summed E-state index contributed by atoms with van der Waals surface area (Å²) in [5.41, 5.74) is -2.67. The Kier molecular flexibility index (Phi) is 8.19. The van der Waals surface area contributed by atoms with Crippen LogP contribution in [0.15, 0.2) is 18.2 Å². The molecule has 2 aliphatic carbocycles. The normalized spacial score (nSPS) is 31.9. The molecule has 2 aliphatic heterocycles. The fraction of sp³-hybridized carbons (Fsp3) is 0.686. The number of carbonyl (C=O) groups excluding carboxylic acids is 3. The fourth-order valence-electron chi connectivity index (χ4n) is 7.76. The number of fused-ring (bicyclic) bond motifs is 5. The van der Waals surface area contributed by atoms with E-state index in [0.29, 0.717) is 49.8 Å². The van der Waals surface area contributed by atoms with Gasteiger partial charge in [-0.1, -0.05) is 34.1 Å². The van der Waals surface area contributed by atoms with Crippen LogP contribution in [0.4, 0.5) is 13.6 Å². The quantitative estimate of drug-likeness (QED) is 0.416. The number of hydrogen-bond donors (Lipinski definition) is 1. The number of alkyl carbamates (subject to hydrolysis) is 1. The monoisotopic (exact) mass is 656 g/mol. The number of ketones is 1. The number of rotatable bonds is 3. The van der Waals surface area contributed by atoms with Crippen molar-refractivity contribution in [2.24, 2.45) is 22.7 Å². The molecule has 47 heavy (non-hydrogen) atoms. The van der Waals surface area contributed by atoms with Crippen molar-refractivity contribution >= 4 is 28.8 Å². The number of aromatic nitrogens is 2. The van der Waals surface area contributed by atoms with Gasteiger partial charge in [0.2, 0.25) is 11.8 Å². The van der Waals surface area contributed by atoms with Gasteiger partial charge in [0.25, 0.3) is 0 Å². The Bertz CT molecular complexity index is 1590. The zero-order valence-corrected chi connectivity index (χ0v) is 28.3. The molecule has 2 aromatic rings. The van der Waals surface area contributed by atoms with Gasteiger partial charge >= 0.3 is 12.0 Å². The minimum atomic E-state index is -3.36. The van der Waals surface area contributed by atoms with Gasteiger partial charge in [-0.15, -0.1) is 0 Å². The zero-order chi connectivity index (χ0) is 34.1. The predicted molar refractivity (Wildman–Crippen MR) is 169 cm³/mol. The lowest BCUT2D eigenvalue weighted by Gasteiger charge is -2.35. The summed E-state index contributed by atoms with van der Waals surface area (Å²) in [6.07, 6.45) is 1.63. The molecular weight excluding hydrogens is 610 g/mol. The number of methoxy groups -OCH3 is 1. The number of nitrogens with zero attached hydrogens (tertiary/aromatic N) is 3. The molecule has 0 unspecified atom stereocenters. The Morgan fingerprint density at radius 2 is 1.87 bits per heavy atom. The Labute approximate surface area is 274 Å². The van der Waals surface area contributed by atoms with Crippen LogP contribution in [0.25, 0.3) is 11.0 Å². The largest absolute Gasteiger partial charge is 0.497 e. The lowest BCUT2D eigenvalue weighted by atomic mass is 9.85. The third-order valence-corrected chi connectivity index (χ3v) is 11.0. The van der Waals surface area contributed by atoms with E-state index in [4.69, 9.17) is 14.2 Å². The molecule has 2 bridgehead atoms. The molecule has 2 saturated carbocycles. The van der Waals surface area contributed by atoms with Crippen molar-refractivity contribution in [1.82, 2.24) is 20.2 Å². The lowest BCUT2D eigenvalue weighted by molar-refractivity contribution is -0.141. The number of amides is 2. The number of Topliss-reactive ketones (excluding diaryl/α,β-unsaturated/α-hetero) is 1. The summed E-state index contributed by atoms with van der Waals surface area (Å²) in [4.78, 5) is 51.3. The highest BCUT2D eigenvalue weighted by Gasteiger charge is 2.65. The smallest absolute Gasteiger partial charge is 0.408 e. The number of nitrogens with one attached hydrogen (secondary N) is 1. The molecule has 1 aromatic heterocycles. The van der Waals surface area contributed by atoms with Gasteiger partial charge in [0, 0.05) is 23.3 Å². The Morgan fingerprint density at radius 3 is 2.49 bits per heavy atom. The molecule has 0 radical (unpaired) electrons. The van der Waals surface area contributed by atoms with Gasteiger partial charge in [-0.05, 0) is 69.9 Å². The standard InChI is InChI=1S/C35H46F2N4O6/c1-8-22-25-18-41(26(22)19(2)42)30(43)28(32(3,4)5)40-31(44)47-33(6)17-20(33)10-9-13-34(14-15-34)35(36,37)27-29(46-25)39-24-16-21(45-7)11-12-23(24)38-27/h11-12,16,20,22,25-26,28H,8-10,13-15,17-18H2,1-7H3,(H,40,44)/t20-,22-,25+,26-,28-,33-/m1/s1. The minimum Gasteiger partial charge on any atom is -0.497 e. The molecule has 3 heterocycles. The van der Waals surface area contributed by atoms with Crippen molar-refractivity contribution < 1.29 is 37.4 Å². The molecule has 1 saturated heterocycles. The van der Waals surface area contributed by atoms with Crippen molar-refractivity contribution in [2.75, 3.05) is 13.7 Å². The van der Waals surface area contributed by atoms with Crippen LogP contribution in [0, 0.1) is 22.7 Å². The Hall–Kier alpha value is -3.57. The first-order chi connectivity index (χ1) is 22.0. The summed E-state index contributed by atoms with van der Waals surface area (Å²) in [5.74, 6) is -4.38. The number of hydrogen-bond acceptors (Lipinski definition) is 8. The van der Waals surface area contributed by atoms with E-state index in [2.05, 4.69) is 15.3 Å². The Morgan fingerprint density at radius 1 is 1.15 bits per heavy atom. The number of ether oxygens (including phenoxy) is 3. The van der Waals surface area contributed by atoms with Crippen molar-refractivity contribution in [2.45, 2.75) is 116 Å². The summed E-state index contributed by atoms with van der Waals surface area (Å²) in [6, 6.07) is 2.97. The van der Waals surface area contributed by atoms with Gasteiger partial charge in [0.15, 0.2) is 11.5 Å². The molecule has 4 aliphatic rings. The summed E-state index contributed by atoms with van der Waals surface area (Å²) >= 11 is 0. The van der Waals surface area contributed by atoms with Gasteiger partial charge < -0.3 is 24.4 Å². The van der Waals surface area contributed by atoms with E-state index < -0.39 is 64.2 Å². The second-order valence-electron chi connectivity index (χ2n) is 15.3. The van der Waals surface area contributed by atoms with E-state index >= 15 is 8.78 Å². The fourth-order valence-corrected chi connectivity index (χ4v) is 7.76. The number of carbonyl (C=O) groups is 3. The third-order valence-electron chi connectivity index (χ3n) is 11.0. The van der Waals surface area contributed by atoms with Gasteiger partial charge in [-0.25, -0.2) is 14.8 Å². The van der Waals surface area contributed by atoms with Crippen LogP contribution in [0.3, 0.4) is 0 Å². The van der Waals surface area contributed by atoms with Crippen molar-refractivity contribution in [1.29, 1.82) is 0 Å². The topological polar surface area (TPSA) is 120 Å². The van der Waals surface area contributed by atoms with Crippen molar-refractivity contribution in [3.05, 3.63) is 23.9 Å². The molecule has 3 fully saturated rings. The summed E-state index contributed by atoms with van der Waals surface area (Å²) in [5, 5.41) is 2.81. The summed E-state index contributed by atoms with van der Waals surface area (Å²) in [6.45, 7) is 10.6. The van der Waals surface area contributed by atoms with Crippen LogP contribution in [-0.4, -0.2) is 70.1 Å². The van der Waals surface area contributed by atoms with E-state index in [1.165, 1.54) is 18.9 Å². The molecular formula is C35H46F2N4O6. The molecule has 1 aromatic carbocycles. The first-order valence-corrected chi connectivity index (χ1v) is 16.7.